The molecule has 0 saturated heterocycles. The van der Waals surface area contributed by atoms with Crippen molar-refractivity contribution < 1.29 is 14.6 Å². The summed E-state index contributed by atoms with van der Waals surface area (Å²) in [6.45, 7) is 0. The van der Waals surface area contributed by atoms with E-state index in [-0.39, 0.29) is 12.0 Å². The molecule has 5 N–H and O–H groups in total. The summed E-state index contributed by atoms with van der Waals surface area (Å²) in [4.78, 5) is 8.03. The van der Waals surface area contributed by atoms with Crippen molar-refractivity contribution in [3.63, 3.8) is 0 Å². The number of aliphatic hydroxyl groups is 1. The van der Waals surface area contributed by atoms with E-state index in [1.54, 1.807) is 0 Å². The first-order valence-corrected chi connectivity index (χ1v) is 3.62. The van der Waals surface area contributed by atoms with Gasteiger partial charge in [-0.3, -0.25) is 4.57 Å². The molecule has 0 aliphatic carbocycles. The molecule has 0 bridgehead atoms. The van der Waals surface area contributed by atoms with Gasteiger partial charge in [0.05, 0.1) is 5.88 Å². The standard InChI is InChI=1S/C2H6ClO3P.H3N/c3-1-2(4)7(5)6;/h2,4,7H,1H2,(H,5,6);1H3. The largest absolute Gasteiger partial charge is 0.382 e. The van der Waals surface area contributed by atoms with E-state index >= 15 is 0 Å². The molecule has 0 aliphatic heterocycles. The van der Waals surface area contributed by atoms with Crippen LogP contribution in [0.1, 0.15) is 0 Å². The molecule has 0 rings (SSSR count). The second kappa shape index (κ2) is 5.54. The van der Waals surface area contributed by atoms with Gasteiger partial charge in [0.1, 0.15) is 5.85 Å². The zero-order chi connectivity index (χ0) is 5.86. The highest BCUT2D eigenvalue weighted by atomic mass is 35.5. The Labute approximate surface area is 52.9 Å². The lowest BCUT2D eigenvalue weighted by Gasteiger charge is -1.96. The van der Waals surface area contributed by atoms with Crippen LogP contribution in [0.2, 0.25) is 0 Å². The fraction of sp³-hybridized carbons (Fsp3) is 1.00. The molecule has 0 radical (unpaired) electrons. The van der Waals surface area contributed by atoms with Crippen LogP contribution in [0.15, 0.2) is 0 Å². The molecule has 0 heterocycles. The van der Waals surface area contributed by atoms with Crippen molar-refractivity contribution in [1.29, 1.82) is 0 Å². The Balaban J connectivity index is 0. The molecule has 0 aromatic heterocycles. The zero-order valence-corrected chi connectivity index (χ0v) is 5.93. The first-order valence-electron chi connectivity index (χ1n) is 1.65. The van der Waals surface area contributed by atoms with Gasteiger partial charge in [-0.25, -0.2) is 0 Å². The van der Waals surface area contributed by atoms with E-state index in [9.17, 15) is 4.57 Å². The van der Waals surface area contributed by atoms with Crippen molar-refractivity contribution in [1.82, 2.24) is 6.15 Å². The Morgan fingerprint density at radius 1 is 1.75 bits per heavy atom. The van der Waals surface area contributed by atoms with Gasteiger partial charge in [0.2, 0.25) is 8.03 Å². The van der Waals surface area contributed by atoms with E-state index in [1.165, 1.54) is 0 Å². The van der Waals surface area contributed by atoms with Crippen LogP contribution < -0.4 is 6.15 Å². The van der Waals surface area contributed by atoms with Gasteiger partial charge < -0.3 is 16.2 Å². The van der Waals surface area contributed by atoms with Gasteiger partial charge in [-0.15, -0.1) is 11.6 Å². The van der Waals surface area contributed by atoms with E-state index in [0.29, 0.717) is 0 Å². The van der Waals surface area contributed by atoms with Crippen LogP contribution in [0, 0.1) is 0 Å². The fourth-order valence-corrected chi connectivity index (χ4v) is 0.594. The van der Waals surface area contributed by atoms with Crippen molar-refractivity contribution in [2.45, 2.75) is 5.85 Å². The Kier molecular flexibility index (Phi) is 7.77. The van der Waals surface area contributed by atoms with Crippen molar-refractivity contribution >= 4 is 19.6 Å². The smallest absolute Gasteiger partial charge is 0.217 e. The summed E-state index contributed by atoms with van der Waals surface area (Å²) in [5.74, 6) is -1.40. The molecule has 0 spiro atoms. The number of alkyl halides is 1. The summed E-state index contributed by atoms with van der Waals surface area (Å²) in [6.07, 6.45) is 0. The molecule has 0 amide bonds. The molecule has 0 saturated carbocycles. The zero-order valence-electron chi connectivity index (χ0n) is 4.17. The van der Waals surface area contributed by atoms with Crippen LogP contribution >= 0.6 is 19.6 Å². The molecule has 2 unspecified atom stereocenters. The molecule has 0 aliphatic rings. The van der Waals surface area contributed by atoms with Gasteiger partial charge in [0.25, 0.3) is 0 Å². The molecule has 0 fully saturated rings. The molecule has 2 atom stereocenters. The minimum atomic E-state index is -2.79. The molecule has 0 aromatic carbocycles. The van der Waals surface area contributed by atoms with Gasteiger partial charge in [-0.1, -0.05) is 0 Å². The van der Waals surface area contributed by atoms with Crippen molar-refractivity contribution in [3.05, 3.63) is 0 Å². The fourth-order valence-electron chi connectivity index (χ4n) is 0.0660. The Bertz CT molecular complexity index is 79.7. The van der Waals surface area contributed by atoms with Gasteiger partial charge in [-0.05, 0) is 0 Å². The van der Waals surface area contributed by atoms with Crippen LogP contribution in [-0.4, -0.2) is 21.7 Å². The molecule has 52 valence electrons. The molecule has 4 nitrogen and oxygen atoms in total. The van der Waals surface area contributed by atoms with Gasteiger partial charge >= 0.3 is 0 Å². The summed E-state index contributed by atoms with van der Waals surface area (Å²) < 4.78 is 9.78. The van der Waals surface area contributed by atoms with Crippen LogP contribution in [0.25, 0.3) is 0 Å². The van der Waals surface area contributed by atoms with Crippen LogP contribution in [0.3, 0.4) is 0 Å². The first-order chi connectivity index (χ1) is 3.18. The quantitative estimate of drug-likeness (QED) is 0.398. The average molecular weight is 162 g/mol. The molecule has 8 heavy (non-hydrogen) atoms. The summed E-state index contributed by atoms with van der Waals surface area (Å²) >= 11 is 4.96. The van der Waals surface area contributed by atoms with E-state index in [4.69, 9.17) is 21.6 Å². The van der Waals surface area contributed by atoms with E-state index in [0.717, 1.165) is 0 Å². The summed E-state index contributed by atoms with van der Waals surface area (Å²) in [5.41, 5.74) is 0. The number of hydrogen-bond donors (Lipinski definition) is 3. The second-order valence-corrected chi connectivity index (χ2v) is 2.66. The minimum absolute atomic E-state index is 0. The predicted molar refractivity (Wildman–Crippen MR) is 33.0 cm³/mol. The minimum Gasteiger partial charge on any atom is -0.382 e. The molecular formula is C2H9ClNO3P. The lowest BCUT2D eigenvalue weighted by atomic mass is 10.9. The molecule has 0 aromatic rings. The van der Waals surface area contributed by atoms with E-state index in [1.807, 2.05) is 0 Å². The summed E-state index contributed by atoms with van der Waals surface area (Å²) in [6, 6.07) is 0. The van der Waals surface area contributed by atoms with Crippen molar-refractivity contribution in [2.75, 3.05) is 5.88 Å². The number of hydrogen-bond acceptors (Lipinski definition) is 3. The van der Waals surface area contributed by atoms with Crippen molar-refractivity contribution in [3.8, 4) is 0 Å². The Morgan fingerprint density at radius 3 is 2.12 bits per heavy atom. The summed E-state index contributed by atoms with van der Waals surface area (Å²) in [5, 5.41) is 8.29. The second-order valence-electron chi connectivity index (χ2n) is 1.01. The highest BCUT2D eigenvalue weighted by Crippen LogP contribution is 2.19. The monoisotopic (exact) mass is 161 g/mol. The maximum Gasteiger partial charge on any atom is 0.217 e. The Morgan fingerprint density at radius 2 is 2.12 bits per heavy atom. The van der Waals surface area contributed by atoms with Crippen LogP contribution in [-0.2, 0) is 4.57 Å². The third kappa shape index (κ3) is 4.56. The van der Waals surface area contributed by atoms with Gasteiger partial charge in [-0.2, -0.15) is 0 Å². The number of halogens is 1. The van der Waals surface area contributed by atoms with Crippen LogP contribution in [0.5, 0.6) is 0 Å². The SMILES string of the molecule is N.O=[PH](O)C(O)CCl. The normalized spacial score (nSPS) is 16.4. The topological polar surface area (TPSA) is 92.5 Å². The number of aliphatic hydroxyl groups excluding tert-OH is 1. The third-order valence-electron chi connectivity index (χ3n) is 0.431. The maximum absolute atomic E-state index is 9.78. The number of rotatable bonds is 2. The van der Waals surface area contributed by atoms with Crippen LogP contribution in [0.4, 0.5) is 0 Å². The lowest BCUT2D eigenvalue weighted by Crippen LogP contribution is -1.99. The Hall–Kier alpha value is 0.400. The maximum atomic E-state index is 9.78. The predicted octanol–water partition coefficient (Wildman–Crippen LogP) is 0.173. The molecule has 6 heteroatoms. The van der Waals surface area contributed by atoms with E-state index in [2.05, 4.69) is 0 Å². The third-order valence-corrected chi connectivity index (χ3v) is 1.76. The highest BCUT2D eigenvalue weighted by molar-refractivity contribution is 7.38. The lowest BCUT2D eigenvalue weighted by molar-refractivity contribution is 0.259. The van der Waals surface area contributed by atoms with Gasteiger partial charge in [0, 0.05) is 0 Å². The van der Waals surface area contributed by atoms with Gasteiger partial charge in [0.15, 0.2) is 0 Å². The average Bonchev–Trinajstić information content (AvgIpc) is 1.65. The first kappa shape index (κ1) is 11.2. The summed E-state index contributed by atoms with van der Waals surface area (Å²) in [7, 11) is -2.79. The molecular weight excluding hydrogens is 152 g/mol. The van der Waals surface area contributed by atoms with Crippen molar-refractivity contribution in [2.24, 2.45) is 0 Å². The van der Waals surface area contributed by atoms with E-state index < -0.39 is 13.9 Å². The highest BCUT2D eigenvalue weighted by Gasteiger charge is 2.05.